The average molecular weight is 91.1 g/mol. The molecule has 0 aromatic heterocycles. The highest BCUT2D eigenvalue weighted by Crippen LogP contribution is 1.87. The molecule has 3 nitrogen and oxygen atoms in total. The summed E-state index contributed by atoms with van der Waals surface area (Å²) in [4.78, 5) is 0. The zero-order chi connectivity index (χ0) is 5.21. The maximum Gasteiger partial charge on any atom is 0.219 e. The number of methoxy groups -OCH3 is 1. The van der Waals surface area contributed by atoms with Gasteiger partial charge < -0.3 is 9.84 Å². The lowest BCUT2D eigenvalue weighted by Crippen LogP contribution is -2.37. The smallest absolute Gasteiger partial charge is 0.219 e. The van der Waals surface area contributed by atoms with E-state index in [0.717, 1.165) is 0 Å². The summed E-state index contributed by atoms with van der Waals surface area (Å²) < 4.78 is 4.27. The maximum absolute atomic E-state index is 8.38. The van der Waals surface area contributed by atoms with Crippen molar-refractivity contribution in [2.24, 2.45) is 5.73 Å². The average Bonchev–Trinajstić information content (AvgIpc) is 1.35. The van der Waals surface area contributed by atoms with Gasteiger partial charge in [-0.1, -0.05) is 0 Å². The SMILES string of the molecule is COC(C)(N)O. The molecule has 6 heavy (non-hydrogen) atoms. The van der Waals surface area contributed by atoms with Crippen LogP contribution in [0.4, 0.5) is 0 Å². The second kappa shape index (κ2) is 1.55. The Balaban J connectivity index is 3.17. The van der Waals surface area contributed by atoms with Gasteiger partial charge in [-0.05, 0) is 0 Å². The molecule has 1 unspecified atom stereocenters. The maximum atomic E-state index is 8.38. The van der Waals surface area contributed by atoms with E-state index >= 15 is 0 Å². The van der Waals surface area contributed by atoms with Crippen LogP contribution in [0, 0.1) is 0 Å². The van der Waals surface area contributed by atoms with Crippen molar-refractivity contribution in [3.05, 3.63) is 0 Å². The number of hydrogen-bond acceptors (Lipinski definition) is 3. The van der Waals surface area contributed by atoms with Crippen molar-refractivity contribution < 1.29 is 9.84 Å². The Morgan fingerprint density at radius 1 is 1.83 bits per heavy atom. The minimum Gasteiger partial charge on any atom is -0.354 e. The van der Waals surface area contributed by atoms with Crippen LogP contribution in [0.5, 0.6) is 0 Å². The molecular formula is C3H9NO2. The molecule has 0 heterocycles. The van der Waals surface area contributed by atoms with Crippen molar-refractivity contribution in [1.82, 2.24) is 0 Å². The largest absolute Gasteiger partial charge is 0.354 e. The summed E-state index contributed by atoms with van der Waals surface area (Å²) in [6.45, 7) is 1.35. The Labute approximate surface area is 36.7 Å². The van der Waals surface area contributed by atoms with Gasteiger partial charge in [0.15, 0.2) is 0 Å². The van der Waals surface area contributed by atoms with Gasteiger partial charge >= 0.3 is 0 Å². The first-order chi connectivity index (χ1) is 2.56. The van der Waals surface area contributed by atoms with Gasteiger partial charge in [-0.2, -0.15) is 0 Å². The Morgan fingerprint density at radius 3 is 2.00 bits per heavy atom. The van der Waals surface area contributed by atoms with Crippen LogP contribution in [0.15, 0.2) is 0 Å². The van der Waals surface area contributed by atoms with Crippen LogP contribution in [0.1, 0.15) is 6.92 Å². The molecule has 38 valence electrons. The molecule has 0 saturated carbocycles. The summed E-state index contributed by atoms with van der Waals surface area (Å²) in [5, 5.41) is 8.38. The lowest BCUT2D eigenvalue weighted by Gasteiger charge is -2.12. The van der Waals surface area contributed by atoms with E-state index in [2.05, 4.69) is 4.74 Å². The van der Waals surface area contributed by atoms with Gasteiger partial charge in [0.1, 0.15) is 0 Å². The second-order valence-corrected chi connectivity index (χ2v) is 1.26. The third-order valence-electron chi connectivity index (χ3n) is 0.413. The quantitative estimate of drug-likeness (QED) is 0.418. The van der Waals surface area contributed by atoms with Gasteiger partial charge in [0.05, 0.1) is 0 Å². The number of hydrogen-bond donors (Lipinski definition) is 2. The first-order valence-electron chi connectivity index (χ1n) is 1.62. The number of aliphatic hydroxyl groups is 1. The predicted molar refractivity (Wildman–Crippen MR) is 21.8 cm³/mol. The molecule has 0 radical (unpaired) electrons. The zero-order valence-corrected chi connectivity index (χ0v) is 3.93. The number of nitrogens with two attached hydrogens (primary N) is 1. The highest BCUT2D eigenvalue weighted by atomic mass is 16.6. The zero-order valence-electron chi connectivity index (χ0n) is 3.93. The van der Waals surface area contributed by atoms with E-state index in [4.69, 9.17) is 10.8 Å². The lowest BCUT2D eigenvalue weighted by molar-refractivity contribution is -0.165. The normalized spacial score (nSPS) is 20.0. The molecule has 0 saturated heterocycles. The van der Waals surface area contributed by atoms with Crippen LogP contribution in [0.2, 0.25) is 0 Å². The topological polar surface area (TPSA) is 55.5 Å². The van der Waals surface area contributed by atoms with Crippen molar-refractivity contribution in [2.45, 2.75) is 12.8 Å². The summed E-state index contributed by atoms with van der Waals surface area (Å²) in [5.74, 6) is -1.46. The van der Waals surface area contributed by atoms with E-state index in [1.807, 2.05) is 0 Å². The molecular weight excluding hydrogens is 82.0 g/mol. The Morgan fingerprint density at radius 2 is 2.00 bits per heavy atom. The molecule has 0 aromatic carbocycles. The number of rotatable bonds is 1. The summed E-state index contributed by atoms with van der Waals surface area (Å²) in [7, 11) is 1.33. The third kappa shape index (κ3) is 3.88. The molecule has 0 aliphatic heterocycles. The molecule has 0 amide bonds. The van der Waals surface area contributed by atoms with Gasteiger partial charge in [0.2, 0.25) is 5.91 Å². The Kier molecular flexibility index (Phi) is 1.52. The van der Waals surface area contributed by atoms with Crippen LogP contribution in [-0.4, -0.2) is 18.1 Å². The van der Waals surface area contributed by atoms with Gasteiger partial charge in [0.25, 0.3) is 0 Å². The fraction of sp³-hybridized carbons (Fsp3) is 1.00. The summed E-state index contributed by atoms with van der Waals surface area (Å²) in [5.41, 5.74) is 4.87. The van der Waals surface area contributed by atoms with Crippen LogP contribution in [-0.2, 0) is 4.74 Å². The molecule has 0 bridgehead atoms. The summed E-state index contributed by atoms with van der Waals surface area (Å²) in [6.07, 6.45) is 0. The van der Waals surface area contributed by atoms with Crippen molar-refractivity contribution in [1.29, 1.82) is 0 Å². The minimum atomic E-state index is -1.46. The molecule has 1 atom stereocenters. The van der Waals surface area contributed by atoms with Crippen LogP contribution in [0.25, 0.3) is 0 Å². The van der Waals surface area contributed by atoms with Crippen LogP contribution >= 0.6 is 0 Å². The van der Waals surface area contributed by atoms with E-state index in [-0.39, 0.29) is 0 Å². The van der Waals surface area contributed by atoms with E-state index < -0.39 is 5.91 Å². The van der Waals surface area contributed by atoms with Gasteiger partial charge in [-0.15, -0.1) is 0 Å². The molecule has 0 rings (SSSR count). The molecule has 0 fully saturated rings. The van der Waals surface area contributed by atoms with Crippen molar-refractivity contribution in [3.8, 4) is 0 Å². The summed E-state index contributed by atoms with van der Waals surface area (Å²) in [6, 6.07) is 0. The standard InChI is InChI=1S/C3H9NO2/c1-3(4,5)6-2/h5H,4H2,1-2H3. The highest BCUT2D eigenvalue weighted by Gasteiger charge is 2.07. The third-order valence-corrected chi connectivity index (χ3v) is 0.413. The van der Waals surface area contributed by atoms with Crippen LogP contribution in [0.3, 0.4) is 0 Å². The number of ether oxygens (including phenoxy) is 1. The van der Waals surface area contributed by atoms with Crippen molar-refractivity contribution in [2.75, 3.05) is 7.11 Å². The molecule has 3 heteroatoms. The molecule has 0 aliphatic rings. The molecule has 0 aromatic rings. The molecule has 0 spiro atoms. The van der Waals surface area contributed by atoms with Gasteiger partial charge in [-0.3, -0.25) is 5.73 Å². The first-order valence-corrected chi connectivity index (χ1v) is 1.62. The van der Waals surface area contributed by atoms with E-state index in [9.17, 15) is 0 Å². The van der Waals surface area contributed by atoms with Crippen molar-refractivity contribution >= 4 is 0 Å². The molecule has 0 aliphatic carbocycles. The Bertz CT molecular complexity index is 38.5. The lowest BCUT2D eigenvalue weighted by atomic mass is 10.6. The first kappa shape index (κ1) is 5.88. The Hall–Kier alpha value is -0.120. The fourth-order valence-electron chi connectivity index (χ4n) is 0. The molecule has 3 N–H and O–H groups in total. The fourth-order valence-corrected chi connectivity index (χ4v) is 0. The monoisotopic (exact) mass is 91.1 g/mol. The van der Waals surface area contributed by atoms with E-state index in [1.165, 1.54) is 14.0 Å². The minimum absolute atomic E-state index is 1.33. The van der Waals surface area contributed by atoms with Crippen LogP contribution < -0.4 is 5.73 Å². The predicted octanol–water partition coefficient (Wildman–Crippen LogP) is -0.743. The van der Waals surface area contributed by atoms with Gasteiger partial charge in [-0.25, -0.2) is 0 Å². The highest BCUT2D eigenvalue weighted by molar-refractivity contribution is 4.39. The second-order valence-electron chi connectivity index (χ2n) is 1.26. The van der Waals surface area contributed by atoms with E-state index in [1.54, 1.807) is 0 Å². The summed E-state index contributed by atoms with van der Waals surface area (Å²) >= 11 is 0. The van der Waals surface area contributed by atoms with Crippen molar-refractivity contribution in [3.63, 3.8) is 0 Å². The van der Waals surface area contributed by atoms with Gasteiger partial charge in [0, 0.05) is 14.0 Å². The van der Waals surface area contributed by atoms with E-state index in [0.29, 0.717) is 0 Å².